The number of halogens is 3. The molecule has 0 aliphatic carbocycles. The Hall–Kier alpha value is -1.78. The van der Waals surface area contributed by atoms with E-state index in [1.165, 1.54) is 17.0 Å². The van der Waals surface area contributed by atoms with Crippen molar-refractivity contribution in [3.8, 4) is 0 Å². The number of hydrogen-bond acceptors (Lipinski definition) is 2. The fourth-order valence-electron chi connectivity index (χ4n) is 1.98. The molecular weight excluding hydrogens is 314 g/mol. The average Bonchev–Trinajstić information content (AvgIpc) is 2.36. The van der Waals surface area contributed by atoms with Crippen LogP contribution in [0.25, 0.3) is 0 Å². The Labute approximate surface area is 132 Å². The molecule has 2 aromatic rings. The predicted molar refractivity (Wildman–Crippen MR) is 83.1 cm³/mol. The van der Waals surface area contributed by atoms with Gasteiger partial charge in [0, 0.05) is 29.3 Å². The summed E-state index contributed by atoms with van der Waals surface area (Å²) in [6.45, 7) is 0.315. The molecule has 0 aromatic heterocycles. The normalized spacial score (nSPS) is 10.5. The number of benzene rings is 2. The zero-order chi connectivity index (χ0) is 15.6. The third-order valence-electron chi connectivity index (χ3n) is 2.93. The van der Waals surface area contributed by atoms with E-state index in [9.17, 15) is 9.18 Å². The van der Waals surface area contributed by atoms with Crippen LogP contribution in [0.3, 0.4) is 0 Å². The van der Waals surface area contributed by atoms with Crippen LogP contribution < -0.4 is 5.73 Å². The number of nitrogens with zero attached hydrogens (tertiary/aromatic N) is 1. The van der Waals surface area contributed by atoms with Gasteiger partial charge in [-0.25, -0.2) is 4.39 Å². The van der Waals surface area contributed by atoms with E-state index < -0.39 is 5.82 Å². The summed E-state index contributed by atoms with van der Waals surface area (Å²) in [4.78, 5) is 13.8. The van der Waals surface area contributed by atoms with Gasteiger partial charge in [-0.15, -0.1) is 0 Å². The molecule has 0 bridgehead atoms. The third-order valence-corrected chi connectivity index (χ3v) is 3.37. The zero-order valence-electron chi connectivity index (χ0n) is 11.2. The molecule has 0 unspecified atom stereocenters. The number of nitrogens with two attached hydrogens (primary N) is 1. The summed E-state index contributed by atoms with van der Waals surface area (Å²) < 4.78 is 13.0. The van der Waals surface area contributed by atoms with Crippen LogP contribution in [0.1, 0.15) is 15.9 Å². The van der Waals surface area contributed by atoms with E-state index in [2.05, 4.69) is 0 Å². The number of anilines is 1. The zero-order valence-corrected chi connectivity index (χ0v) is 12.7. The molecule has 0 saturated carbocycles. The van der Waals surface area contributed by atoms with Crippen LogP contribution >= 0.6 is 23.2 Å². The lowest BCUT2D eigenvalue weighted by Gasteiger charge is -2.18. The number of carbonyl (C=O) groups excluding carboxylic acids is 1. The van der Waals surface area contributed by atoms with Crippen molar-refractivity contribution in [3.63, 3.8) is 0 Å². The Morgan fingerprint density at radius 1 is 1.19 bits per heavy atom. The summed E-state index contributed by atoms with van der Waals surface area (Å²) in [5.74, 6) is -0.781. The van der Waals surface area contributed by atoms with Gasteiger partial charge in [0.15, 0.2) is 0 Å². The molecule has 3 nitrogen and oxygen atoms in total. The first-order valence-electron chi connectivity index (χ1n) is 6.12. The molecule has 0 radical (unpaired) electrons. The van der Waals surface area contributed by atoms with Crippen LogP contribution in [-0.2, 0) is 6.54 Å². The van der Waals surface area contributed by atoms with Gasteiger partial charge in [0.1, 0.15) is 5.82 Å². The Balaban J connectivity index is 2.19. The van der Waals surface area contributed by atoms with Gasteiger partial charge >= 0.3 is 0 Å². The summed E-state index contributed by atoms with van der Waals surface area (Å²) in [6, 6.07) is 8.77. The highest BCUT2D eigenvalue weighted by atomic mass is 35.5. The number of rotatable bonds is 3. The molecule has 0 fully saturated rings. The Morgan fingerprint density at radius 2 is 1.81 bits per heavy atom. The molecule has 1 amide bonds. The fourth-order valence-corrected chi connectivity index (χ4v) is 2.55. The molecule has 0 heterocycles. The molecule has 0 aliphatic rings. The standard InChI is InChI=1S/C15H13Cl2FN2O/c1-20(8-9-4-10(16)6-11(17)5-9)15(21)13-3-2-12(18)7-14(13)19/h2-7H,8,19H2,1H3. The molecular formula is C15H13Cl2FN2O. The minimum absolute atomic E-state index is 0.107. The van der Waals surface area contributed by atoms with Crippen molar-refractivity contribution < 1.29 is 9.18 Å². The van der Waals surface area contributed by atoms with E-state index >= 15 is 0 Å². The molecule has 0 saturated heterocycles. The smallest absolute Gasteiger partial charge is 0.255 e. The van der Waals surface area contributed by atoms with Crippen LogP contribution in [0.4, 0.5) is 10.1 Å². The van der Waals surface area contributed by atoms with E-state index in [4.69, 9.17) is 28.9 Å². The lowest BCUT2D eigenvalue weighted by Crippen LogP contribution is -2.27. The maximum absolute atomic E-state index is 13.0. The van der Waals surface area contributed by atoms with Crippen molar-refractivity contribution in [2.45, 2.75) is 6.54 Å². The van der Waals surface area contributed by atoms with E-state index in [0.29, 0.717) is 16.6 Å². The second-order valence-electron chi connectivity index (χ2n) is 4.67. The van der Waals surface area contributed by atoms with Crippen molar-refractivity contribution in [1.29, 1.82) is 0 Å². The van der Waals surface area contributed by atoms with E-state index in [-0.39, 0.29) is 17.2 Å². The van der Waals surface area contributed by atoms with Crippen LogP contribution in [0, 0.1) is 5.82 Å². The molecule has 0 aliphatic heterocycles. The van der Waals surface area contributed by atoms with Gasteiger partial charge in [-0.3, -0.25) is 4.79 Å². The highest BCUT2D eigenvalue weighted by molar-refractivity contribution is 6.34. The molecule has 2 aromatic carbocycles. The number of nitrogen functional groups attached to an aromatic ring is 1. The maximum atomic E-state index is 13.0. The highest BCUT2D eigenvalue weighted by Gasteiger charge is 2.15. The van der Waals surface area contributed by atoms with Crippen molar-refractivity contribution in [2.75, 3.05) is 12.8 Å². The molecule has 110 valence electrons. The minimum Gasteiger partial charge on any atom is -0.398 e. The van der Waals surface area contributed by atoms with E-state index in [0.717, 1.165) is 11.6 Å². The van der Waals surface area contributed by atoms with Crippen LogP contribution in [0.15, 0.2) is 36.4 Å². The fraction of sp³-hybridized carbons (Fsp3) is 0.133. The SMILES string of the molecule is CN(Cc1cc(Cl)cc(Cl)c1)C(=O)c1ccc(F)cc1N. The Kier molecular flexibility index (Phi) is 4.70. The van der Waals surface area contributed by atoms with Crippen LogP contribution in [-0.4, -0.2) is 17.9 Å². The molecule has 2 N–H and O–H groups in total. The summed E-state index contributed by atoms with van der Waals surface area (Å²) in [5.41, 5.74) is 6.83. The largest absolute Gasteiger partial charge is 0.398 e. The van der Waals surface area contributed by atoms with Gasteiger partial charge in [0.25, 0.3) is 5.91 Å². The van der Waals surface area contributed by atoms with Gasteiger partial charge in [0.05, 0.1) is 5.56 Å². The first-order valence-corrected chi connectivity index (χ1v) is 6.88. The van der Waals surface area contributed by atoms with Gasteiger partial charge in [-0.1, -0.05) is 23.2 Å². The summed E-state index contributed by atoms with van der Waals surface area (Å²) >= 11 is 11.8. The van der Waals surface area contributed by atoms with E-state index in [1.807, 2.05) is 0 Å². The Morgan fingerprint density at radius 3 is 2.38 bits per heavy atom. The third kappa shape index (κ3) is 3.86. The number of carbonyl (C=O) groups is 1. The topological polar surface area (TPSA) is 46.3 Å². The lowest BCUT2D eigenvalue weighted by atomic mass is 10.1. The van der Waals surface area contributed by atoms with E-state index in [1.54, 1.807) is 25.2 Å². The summed E-state index contributed by atoms with van der Waals surface area (Å²) in [5, 5.41) is 0.999. The summed E-state index contributed by atoms with van der Waals surface area (Å²) in [6.07, 6.45) is 0. The lowest BCUT2D eigenvalue weighted by molar-refractivity contribution is 0.0786. The second-order valence-corrected chi connectivity index (χ2v) is 5.54. The predicted octanol–water partition coefficient (Wildman–Crippen LogP) is 3.99. The van der Waals surface area contributed by atoms with Crippen molar-refractivity contribution in [1.82, 2.24) is 4.90 Å². The van der Waals surface area contributed by atoms with Crippen molar-refractivity contribution in [3.05, 3.63) is 63.4 Å². The second kappa shape index (κ2) is 6.33. The first kappa shape index (κ1) is 15.6. The monoisotopic (exact) mass is 326 g/mol. The van der Waals surface area contributed by atoms with Gasteiger partial charge < -0.3 is 10.6 Å². The summed E-state index contributed by atoms with van der Waals surface area (Å²) in [7, 11) is 1.62. The van der Waals surface area contributed by atoms with Gasteiger partial charge in [-0.05, 0) is 42.0 Å². The molecule has 0 atom stereocenters. The van der Waals surface area contributed by atoms with Crippen LogP contribution in [0.5, 0.6) is 0 Å². The minimum atomic E-state index is -0.478. The van der Waals surface area contributed by atoms with Crippen molar-refractivity contribution in [2.24, 2.45) is 0 Å². The first-order chi connectivity index (χ1) is 9.86. The van der Waals surface area contributed by atoms with Gasteiger partial charge in [-0.2, -0.15) is 0 Å². The molecule has 6 heteroatoms. The maximum Gasteiger partial charge on any atom is 0.255 e. The van der Waals surface area contributed by atoms with Crippen LogP contribution in [0.2, 0.25) is 10.0 Å². The van der Waals surface area contributed by atoms with Crippen molar-refractivity contribution >= 4 is 34.8 Å². The quantitative estimate of drug-likeness (QED) is 0.867. The number of hydrogen-bond donors (Lipinski definition) is 1. The molecule has 2 rings (SSSR count). The highest BCUT2D eigenvalue weighted by Crippen LogP contribution is 2.21. The average molecular weight is 327 g/mol. The molecule has 0 spiro atoms. The van der Waals surface area contributed by atoms with Gasteiger partial charge in [0.2, 0.25) is 0 Å². The Bertz CT molecular complexity index is 671. The molecule has 21 heavy (non-hydrogen) atoms. The number of amides is 1.